The van der Waals surface area contributed by atoms with Gasteiger partial charge in [0.2, 0.25) is 17.8 Å². The Morgan fingerprint density at radius 1 is 1.09 bits per heavy atom. The fourth-order valence-electron chi connectivity index (χ4n) is 3.38. The van der Waals surface area contributed by atoms with Gasteiger partial charge >= 0.3 is 6.36 Å². The Balaban J connectivity index is 1.42. The van der Waals surface area contributed by atoms with E-state index in [0.717, 1.165) is 5.56 Å². The Morgan fingerprint density at radius 3 is 2.41 bits per heavy atom. The van der Waals surface area contributed by atoms with E-state index in [-0.39, 0.29) is 17.6 Å². The maximum absolute atomic E-state index is 12.4. The summed E-state index contributed by atoms with van der Waals surface area (Å²) in [6.45, 7) is 1.85. The van der Waals surface area contributed by atoms with Gasteiger partial charge in [0.15, 0.2) is 0 Å². The van der Waals surface area contributed by atoms with E-state index in [9.17, 15) is 22.8 Å². The summed E-state index contributed by atoms with van der Waals surface area (Å²) in [6, 6.07) is 10.2. The molecule has 1 fully saturated rings. The molecule has 0 aliphatic carbocycles. The summed E-state index contributed by atoms with van der Waals surface area (Å²) in [4.78, 5) is 32.3. The third-order valence-electron chi connectivity index (χ3n) is 5.14. The summed E-state index contributed by atoms with van der Waals surface area (Å²) in [5, 5.41) is 8.52. The van der Waals surface area contributed by atoms with Crippen LogP contribution in [0.25, 0.3) is 11.1 Å². The summed E-state index contributed by atoms with van der Waals surface area (Å²) in [5.74, 6) is -0.435. The number of amides is 2. The molecule has 1 atom stereocenters. The van der Waals surface area contributed by atoms with Crippen molar-refractivity contribution in [2.75, 3.05) is 10.6 Å². The minimum atomic E-state index is -4.75. The Morgan fingerprint density at radius 2 is 1.79 bits per heavy atom. The molecular weight excluding hydrogens is 451 g/mol. The first kappa shape index (κ1) is 23.0. The van der Waals surface area contributed by atoms with Crippen LogP contribution in [0.5, 0.6) is 5.75 Å². The largest absolute Gasteiger partial charge is 0.573 e. The second-order valence-electron chi connectivity index (χ2n) is 7.67. The number of ether oxygens (including phenoxy) is 1. The predicted octanol–water partition coefficient (Wildman–Crippen LogP) is 4.31. The van der Waals surface area contributed by atoms with Crippen LogP contribution in [0, 0.1) is 6.92 Å². The first-order valence-corrected chi connectivity index (χ1v) is 10.3. The number of rotatable bonds is 6. The molecule has 4 rings (SSSR count). The van der Waals surface area contributed by atoms with Gasteiger partial charge in [-0.15, -0.1) is 13.2 Å². The van der Waals surface area contributed by atoms with Gasteiger partial charge in [0, 0.05) is 35.8 Å². The number of aromatic nitrogens is 2. The number of hydrogen-bond acceptors (Lipinski definition) is 6. The van der Waals surface area contributed by atoms with E-state index in [0.29, 0.717) is 41.3 Å². The van der Waals surface area contributed by atoms with Gasteiger partial charge in [0.1, 0.15) is 11.8 Å². The normalized spacial score (nSPS) is 15.5. The van der Waals surface area contributed by atoms with Crippen LogP contribution in [0.4, 0.5) is 30.5 Å². The number of aryl methyl sites for hydroxylation is 1. The van der Waals surface area contributed by atoms with Crippen molar-refractivity contribution in [1.82, 2.24) is 15.3 Å². The summed E-state index contributed by atoms with van der Waals surface area (Å²) in [7, 11) is 0. The summed E-state index contributed by atoms with van der Waals surface area (Å²) in [6.07, 6.45) is -0.885. The Bertz CT molecular complexity index is 1200. The Hall–Kier alpha value is -4.15. The van der Waals surface area contributed by atoms with E-state index in [1.165, 1.54) is 36.7 Å². The molecule has 34 heavy (non-hydrogen) atoms. The monoisotopic (exact) mass is 471 g/mol. The van der Waals surface area contributed by atoms with Crippen LogP contribution < -0.4 is 20.7 Å². The van der Waals surface area contributed by atoms with Gasteiger partial charge in [-0.05, 0) is 48.7 Å². The molecule has 2 aromatic carbocycles. The highest BCUT2D eigenvalue weighted by Crippen LogP contribution is 2.27. The standard InChI is InChI=1S/C23H20F3N5O3/c1-13-2-5-16(10-19(13)31-21(33)18-8-9-20(32)30-18)29-22-27-11-15(12-28-22)14-3-6-17(7-4-14)34-23(24,25)26/h2-7,10-12,18H,8-9H2,1H3,(H,30,32)(H,31,33)(H,27,28,29)/t18-/m0/s1. The molecule has 1 aromatic heterocycles. The highest BCUT2D eigenvalue weighted by molar-refractivity contribution is 5.99. The number of alkyl halides is 3. The van der Waals surface area contributed by atoms with Crippen molar-refractivity contribution in [3.63, 3.8) is 0 Å². The molecule has 3 N–H and O–H groups in total. The van der Waals surface area contributed by atoms with Crippen molar-refractivity contribution in [3.8, 4) is 16.9 Å². The molecule has 176 valence electrons. The SMILES string of the molecule is Cc1ccc(Nc2ncc(-c3ccc(OC(F)(F)F)cc3)cn2)cc1NC(=O)[C@@H]1CCC(=O)N1. The Kier molecular flexibility index (Phi) is 6.35. The minimum absolute atomic E-state index is 0.140. The summed E-state index contributed by atoms with van der Waals surface area (Å²) in [5.41, 5.74) is 3.31. The third kappa shape index (κ3) is 5.80. The van der Waals surface area contributed by atoms with Crippen LogP contribution in [-0.4, -0.2) is 34.2 Å². The summed E-state index contributed by atoms with van der Waals surface area (Å²) < 4.78 is 40.8. The number of anilines is 3. The molecule has 2 amide bonds. The van der Waals surface area contributed by atoms with Crippen molar-refractivity contribution in [2.24, 2.45) is 0 Å². The van der Waals surface area contributed by atoms with Crippen LogP contribution in [0.2, 0.25) is 0 Å². The number of nitrogens with zero attached hydrogens (tertiary/aromatic N) is 2. The minimum Gasteiger partial charge on any atom is -0.406 e. The lowest BCUT2D eigenvalue weighted by atomic mass is 10.1. The lowest BCUT2D eigenvalue weighted by molar-refractivity contribution is -0.274. The van der Waals surface area contributed by atoms with Crippen LogP contribution >= 0.6 is 0 Å². The Labute approximate surface area is 192 Å². The second kappa shape index (κ2) is 9.38. The van der Waals surface area contributed by atoms with Crippen LogP contribution in [-0.2, 0) is 9.59 Å². The van der Waals surface area contributed by atoms with E-state index in [4.69, 9.17) is 0 Å². The molecule has 0 bridgehead atoms. The van der Waals surface area contributed by atoms with Gasteiger partial charge in [-0.25, -0.2) is 9.97 Å². The van der Waals surface area contributed by atoms with E-state index in [2.05, 4.69) is 30.7 Å². The number of hydrogen-bond donors (Lipinski definition) is 3. The average Bonchev–Trinajstić information content (AvgIpc) is 3.23. The predicted molar refractivity (Wildman–Crippen MR) is 118 cm³/mol. The van der Waals surface area contributed by atoms with Gasteiger partial charge in [-0.2, -0.15) is 0 Å². The maximum Gasteiger partial charge on any atom is 0.573 e. The van der Waals surface area contributed by atoms with E-state index in [1.807, 2.05) is 13.0 Å². The van der Waals surface area contributed by atoms with Crippen LogP contribution in [0.1, 0.15) is 18.4 Å². The third-order valence-corrected chi connectivity index (χ3v) is 5.14. The molecule has 1 aliphatic heterocycles. The molecule has 3 aromatic rings. The average molecular weight is 471 g/mol. The van der Waals surface area contributed by atoms with Crippen molar-refractivity contribution in [3.05, 3.63) is 60.4 Å². The fraction of sp³-hybridized carbons (Fsp3) is 0.217. The zero-order valence-corrected chi connectivity index (χ0v) is 17.9. The van der Waals surface area contributed by atoms with E-state index in [1.54, 1.807) is 12.1 Å². The van der Waals surface area contributed by atoms with Gasteiger partial charge in [-0.1, -0.05) is 18.2 Å². The van der Waals surface area contributed by atoms with Gasteiger partial charge in [0.05, 0.1) is 0 Å². The lowest BCUT2D eigenvalue weighted by Gasteiger charge is -2.14. The topological polar surface area (TPSA) is 105 Å². The van der Waals surface area contributed by atoms with E-state index < -0.39 is 12.4 Å². The van der Waals surface area contributed by atoms with Crippen molar-refractivity contribution < 1.29 is 27.5 Å². The molecule has 0 radical (unpaired) electrons. The summed E-state index contributed by atoms with van der Waals surface area (Å²) >= 11 is 0. The van der Waals surface area contributed by atoms with Gasteiger partial charge in [-0.3, -0.25) is 9.59 Å². The lowest BCUT2D eigenvalue weighted by Crippen LogP contribution is -2.37. The number of carbonyl (C=O) groups excluding carboxylic acids is 2. The molecule has 0 saturated carbocycles. The molecule has 0 spiro atoms. The van der Waals surface area contributed by atoms with Crippen molar-refractivity contribution >= 4 is 29.1 Å². The molecular formula is C23H20F3N5O3. The van der Waals surface area contributed by atoms with Crippen molar-refractivity contribution in [1.29, 1.82) is 0 Å². The molecule has 1 aliphatic rings. The first-order chi connectivity index (χ1) is 16.2. The zero-order valence-electron chi connectivity index (χ0n) is 17.9. The van der Waals surface area contributed by atoms with Crippen LogP contribution in [0.15, 0.2) is 54.9 Å². The highest BCUT2D eigenvalue weighted by Gasteiger charge is 2.31. The van der Waals surface area contributed by atoms with Gasteiger partial charge in [0.25, 0.3) is 0 Å². The van der Waals surface area contributed by atoms with Gasteiger partial charge < -0.3 is 20.7 Å². The molecule has 11 heteroatoms. The number of carbonyl (C=O) groups is 2. The first-order valence-electron chi connectivity index (χ1n) is 10.3. The molecule has 2 heterocycles. The maximum atomic E-state index is 12.4. The smallest absolute Gasteiger partial charge is 0.406 e. The molecule has 8 nitrogen and oxygen atoms in total. The zero-order chi connectivity index (χ0) is 24.3. The quantitative estimate of drug-likeness (QED) is 0.495. The molecule has 1 saturated heterocycles. The number of benzene rings is 2. The van der Waals surface area contributed by atoms with E-state index >= 15 is 0 Å². The molecule has 0 unspecified atom stereocenters. The van der Waals surface area contributed by atoms with Crippen molar-refractivity contribution in [2.45, 2.75) is 32.2 Å². The van der Waals surface area contributed by atoms with Crippen LogP contribution in [0.3, 0.4) is 0 Å². The number of nitrogens with one attached hydrogen (secondary N) is 3. The second-order valence-corrected chi connectivity index (χ2v) is 7.67. The fourth-order valence-corrected chi connectivity index (χ4v) is 3.38. The number of halogens is 3. The highest BCUT2D eigenvalue weighted by atomic mass is 19.4.